The topological polar surface area (TPSA) is 104 Å². The number of aryl methyl sites for hydroxylation is 1. The van der Waals surface area contributed by atoms with E-state index in [0.717, 1.165) is 11.3 Å². The number of hydrogen-bond acceptors (Lipinski definition) is 5. The minimum absolute atomic E-state index is 0.122. The van der Waals surface area contributed by atoms with Gasteiger partial charge in [0.15, 0.2) is 11.2 Å². The zero-order valence-corrected chi connectivity index (χ0v) is 13.5. The molecule has 0 spiro atoms. The Kier molecular flexibility index (Phi) is 3.53. The molecule has 2 aromatic heterocycles. The van der Waals surface area contributed by atoms with Crippen molar-refractivity contribution in [2.45, 2.75) is 13.5 Å². The lowest BCUT2D eigenvalue weighted by Crippen LogP contribution is -2.23. The lowest BCUT2D eigenvalue weighted by molar-refractivity contribution is 1.05. The number of nitrogens with one attached hydrogen (secondary N) is 3. The maximum atomic E-state index is 11.9. The molecule has 7 heteroatoms. The summed E-state index contributed by atoms with van der Waals surface area (Å²) >= 11 is 0. The van der Waals surface area contributed by atoms with Crippen LogP contribution >= 0.6 is 0 Å². The number of H-pyrrole nitrogens is 2. The highest BCUT2D eigenvalue weighted by atomic mass is 16.2. The Bertz CT molecular complexity index is 1200. The van der Waals surface area contributed by atoms with Gasteiger partial charge in [0.2, 0.25) is 0 Å². The van der Waals surface area contributed by atoms with Crippen LogP contribution in [0.2, 0.25) is 0 Å². The summed E-state index contributed by atoms with van der Waals surface area (Å²) < 4.78 is 0. The third-order valence-electron chi connectivity index (χ3n) is 4.01. The second kappa shape index (κ2) is 5.86. The summed E-state index contributed by atoms with van der Waals surface area (Å²) in [5.74, 6) is 0. The molecule has 25 heavy (non-hydrogen) atoms. The number of hydrogen-bond donors (Lipinski definition) is 3. The van der Waals surface area contributed by atoms with Gasteiger partial charge >= 0.3 is 5.69 Å². The zero-order chi connectivity index (χ0) is 17.4. The van der Waals surface area contributed by atoms with E-state index in [-0.39, 0.29) is 11.2 Å². The van der Waals surface area contributed by atoms with Gasteiger partial charge in [0, 0.05) is 12.2 Å². The second-order valence-corrected chi connectivity index (χ2v) is 5.82. The molecule has 124 valence electrons. The molecule has 0 aliphatic carbocycles. The maximum absolute atomic E-state index is 11.9. The predicted octanol–water partition coefficient (Wildman–Crippen LogP) is 2.08. The molecule has 0 fully saturated rings. The average Bonchev–Trinajstić information content (AvgIpc) is 2.60. The fourth-order valence-corrected chi connectivity index (χ4v) is 2.74. The van der Waals surface area contributed by atoms with Crippen LogP contribution in [0.1, 0.15) is 11.1 Å². The van der Waals surface area contributed by atoms with Gasteiger partial charge in [0.05, 0.1) is 11.0 Å². The van der Waals surface area contributed by atoms with Crippen LogP contribution in [0.15, 0.2) is 52.1 Å². The minimum atomic E-state index is -0.597. The van der Waals surface area contributed by atoms with Crippen molar-refractivity contribution in [1.29, 1.82) is 0 Å². The quantitative estimate of drug-likeness (QED) is 0.498. The van der Waals surface area contributed by atoms with Crippen LogP contribution in [0.3, 0.4) is 0 Å². The van der Waals surface area contributed by atoms with E-state index in [4.69, 9.17) is 0 Å². The lowest BCUT2D eigenvalue weighted by atomic mass is 10.1. The number of fused-ring (bicyclic) bond motifs is 2. The Hall–Kier alpha value is -3.48. The summed E-state index contributed by atoms with van der Waals surface area (Å²) in [6.07, 6.45) is 0. The molecule has 0 saturated heterocycles. The van der Waals surface area contributed by atoms with Gasteiger partial charge in [-0.2, -0.15) is 0 Å². The summed E-state index contributed by atoms with van der Waals surface area (Å²) in [7, 11) is 0. The van der Waals surface area contributed by atoms with E-state index in [1.807, 2.05) is 49.4 Å². The Labute approximate surface area is 141 Å². The highest BCUT2D eigenvalue weighted by Gasteiger charge is 2.09. The number of aromatic nitrogens is 4. The van der Waals surface area contributed by atoms with Gasteiger partial charge in [-0.25, -0.2) is 14.8 Å². The van der Waals surface area contributed by atoms with Gasteiger partial charge < -0.3 is 5.32 Å². The number of aromatic amines is 2. The molecule has 4 rings (SSSR count). The molecule has 0 aliphatic rings. The Morgan fingerprint density at radius 3 is 2.56 bits per heavy atom. The van der Waals surface area contributed by atoms with E-state index < -0.39 is 11.2 Å². The molecule has 0 amide bonds. The first-order valence-corrected chi connectivity index (χ1v) is 7.83. The van der Waals surface area contributed by atoms with E-state index in [9.17, 15) is 9.59 Å². The Morgan fingerprint density at radius 1 is 1.00 bits per heavy atom. The van der Waals surface area contributed by atoms with Crippen molar-refractivity contribution in [2.24, 2.45) is 0 Å². The molecular formula is C18H15N5O2. The highest BCUT2D eigenvalue weighted by molar-refractivity contribution is 5.87. The largest absolute Gasteiger partial charge is 0.381 e. The normalized spacial score (nSPS) is 11.1. The fourth-order valence-electron chi connectivity index (χ4n) is 2.74. The number of nitrogens with zero attached hydrogens (tertiary/aromatic N) is 2. The third-order valence-corrected chi connectivity index (χ3v) is 4.01. The summed E-state index contributed by atoms with van der Waals surface area (Å²) in [4.78, 5) is 36.7. The van der Waals surface area contributed by atoms with E-state index in [2.05, 4.69) is 25.3 Å². The first-order valence-electron chi connectivity index (χ1n) is 7.83. The standard InChI is InChI=1S/C18H15N5O2/c1-10-7-13-14(8-12(10)19-9-11-5-3-2-4-6-11)21-16-15(20-13)17(24)23-18(25)22-16/h2-8,19H,9H2,1H3,(H2,21,22,23,24,25). The van der Waals surface area contributed by atoms with Crippen LogP contribution in [0.25, 0.3) is 22.2 Å². The molecule has 0 aliphatic heterocycles. The van der Waals surface area contributed by atoms with E-state index >= 15 is 0 Å². The lowest BCUT2D eigenvalue weighted by Gasteiger charge is -2.11. The van der Waals surface area contributed by atoms with Crippen molar-refractivity contribution >= 4 is 27.9 Å². The van der Waals surface area contributed by atoms with E-state index in [1.54, 1.807) is 0 Å². The summed E-state index contributed by atoms with van der Waals surface area (Å²) in [6, 6.07) is 13.8. The fraction of sp³-hybridized carbons (Fsp3) is 0.111. The van der Waals surface area contributed by atoms with Crippen LogP contribution < -0.4 is 16.6 Å². The molecule has 0 bridgehead atoms. The van der Waals surface area contributed by atoms with Crippen LogP contribution in [0, 0.1) is 6.92 Å². The summed E-state index contributed by atoms with van der Waals surface area (Å²) in [6.45, 7) is 2.65. The number of benzene rings is 2. The van der Waals surface area contributed by atoms with Crippen molar-refractivity contribution in [3.05, 3.63) is 74.4 Å². The van der Waals surface area contributed by atoms with Gasteiger partial charge in [0.25, 0.3) is 5.56 Å². The number of rotatable bonds is 3. The number of anilines is 1. The molecule has 0 saturated carbocycles. The van der Waals surface area contributed by atoms with Gasteiger partial charge in [-0.1, -0.05) is 30.3 Å². The van der Waals surface area contributed by atoms with Gasteiger partial charge in [-0.15, -0.1) is 0 Å². The monoisotopic (exact) mass is 333 g/mol. The SMILES string of the molecule is Cc1cc2nc3c(=O)[nH]c(=O)[nH]c3nc2cc1NCc1ccccc1. The first-order chi connectivity index (χ1) is 12.1. The Balaban J connectivity index is 1.78. The molecule has 0 unspecified atom stereocenters. The van der Waals surface area contributed by atoms with Crippen molar-refractivity contribution in [3.8, 4) is 0 Å². The molecule has 4 aromatic rings. The van der Waals surface area contributed by atoms with Crippen molar-refractivity contribution in [2.75, 3.05) is 5.32 Å². The van der Waals surface area contributed by atoms with Gasteiger partial charge in [-0.3, -0.25) is 14.8 Å². The summed E-state index contributed by atoms with van der Waals surface area (Å²) in [5, 5.41) is 3.38. The van der Waals surface area contributed by atoms with Crippen molar-refractivity contribution in [1.82, 2.24) is 19.9 Å². The molecule has 0 radical (unpaired) electrons. The molecule has 7 nitrogen and oxygen atoms in total. The predicted molar refractivity (Wildman–Crippen MR) is 96.8 cm³/mol. The molecule has 2 heterocycles. The van der Waals surface area contributed by atoms with E-state index in [0.29, 0.717) is 17.6 Å². The van der Waals surface area contributed by atoms with E-state index in [1.165, 1.54) is 5.56 Å². The van der Waals surface area contributed by atoms with Crippen molar-refractivity contribution in [3.63, 3.8) is 0 Å². The third kappa shape index (κ3) is 2.87. The highest BCUT2D eigenvalue weighted by Crippen LogP contribution is 2.22. The first kappa shape index (κ1) is 15.1. The molecular weight excluding hydrogens is 318 g/mol. The van der Waals surface area contributed by atoms with Gasteiger partial charge in [-0.05, 0) is 30.2 Å². The van der Waals surface area contributed by atoms with Crippen molar-refractivity contribution < 1.29 is 0 Å². The van der Waals surface area contributed by atoms with Crippen LogP contribution in [0.4, 0.5) is 5.69 Å². The van der Waals surface area contributed by atoms with Crippen LogP contribution in [-0.2, 0) is 6.54 Å². The zero-order valence-electron chi connectivity index (χ0n) is 13.5. The van der Waals surface area contributed by atoms with Crippen LogP contribution in [0.5, 0.6) is 0 Å². The maximum Gasteiger partial charge on any atom is 0.327 e. The smallest absolute Gasteiger partial charge is 0.327 e. The molecule has 0 atom stereocenters. The van der Waals surface area contributed by atoms with Gasteiger partial charge in [0.1, 0.15) is 0 Å². The molecule has 3 N–H and O–H groups in total. The molecule has 2 aromatic carbocycles. The van der Waals surface area contributed by atoms with Crippen LogP contribution in [-0.4, -0.2) is 19.9 Å². The summed E-state index contributed by atoms with van der Waals surface area (Å²) in [5.41, 5.74) is 3.47. The Morgan fingerprint density at radius 2 is 1.76 bits per heavy atom. The second-order valence-electron chi connectivity index (χ2n) is 5.82. The minimum Gasteiger partial charge on any atom is -0.381 e. The average molecular weight is 333 g/mol.